The molecule has 0 bridgehead atoms. The Morgan fingerprint density at radius 2 is 2.18 bits per heavy atom. The van der Waals surface area contributed by atoms with Gasteiger partial charge in [-0.1, -0.05) is 19.1 Å². The molecule has 1 rings (SSSR count). The number of thiocarbonyl (C=S) groups is 1. The van der Waals surface area contributed by atoms with Crippen molar-refractivity contribution < 1.29 is 0 Å². The molecular weight excluding hydrogens is 174 g/mol. The summed E-state index contributed by atoms with van der Waals surface area (Å²) in [6, 6.07) is 0.578. The second-order valence-electron chi connectivity index (χ2n) is 3.34. The minimum atomic E-state index is 0.578. The van der Waals surface area contributed by atoms with E-state index in [0.29, 0.717) is 6.04 Å². The first-order valence-electron chi connectivity index (χ1n) is 4.12. The van der Waals surface area contributed by atoms with Crippen LogP contribution < -0.4 is 0 Å². The van der Waals surface area contributed by atoms with Gasteiger partial charge in [0.15, 0.2) is 0 Å². The van der Waals surface area contributed by atoms with E-state index in [-0.39, 0.29) is 0 Å². The molecule has 0 saturated carbocycles. The lowest BCUT2D eigenvalue weighted by Crippen LogP contribution is -2.43. The van der Waals surface area contributed by atoms with Crippen molar-refractivity contribution in [1.82, 2.24) is 4.90 Å². The molecule has 0 aromatic carbocycles. The summed E-state index contributed by atoms with van der Waals surface area (Å²) in [5, 5.41) is 0. The van der Waals surface area contributed by atoms with Gasteiger partial charge in [-0.2, -0.15) is 0 Å². The van der Waals surface area contributed by atoms with Crippen LogP contribution in [0.25, 0.3) is 0 Å². The Morgan fingerprint density at radius 1 is 1.55 bits per heavy atom. The second kappa shape index (κ2) is 3.76. The molecule has 0 spiro atoms. The van der Waals surface area contributed by atoms with Crippen LogP contribution in [0, 0.1) is 5.92 Å². The summed E-state index contributed by atoms with van der Waals surface area (Å²) < 4.78 is 0.754. The standard InChI is InChI=1S/C8H15NS2/c1-6-4-3-5-9(7(6)2)8(10)11/h6-7H,3-5H2,1-2H3,(H,10,11). The molecule has 1 heterocycles. The summed E-state index contributed by atoms with van der Waals surface area (Å²) in [6.07, 6.45) is 2.58. The Labute approximate surface area is 79.6 Å². The molecule has 0 aromatic rings. The highest BCUT2D eigenvalue weighted by molar-refractivity contribution is 8.10. The highest BCUT2D eigenvalue weighted by atomic mass is 32.1. The molecule has 3 heteroatoms. The molecule has 1 aliphatic heterocycles. The minimum Gasteiger partial charge on any atom is -0.355 e. The maximum Gasteiger partial charge on any atom is 0.133 e. The van der Waals surface area contributed by atoms with Gasteiger partial charge in [-0.3, -0.25) is 0 Å². The van der Waals surface area contributed by atoms with E-state index in [1.54, 1.807) is 0 Å². The average molecular weight is 189 g/mol. The van der Waals surface area contributed by atoms with Crippen molar-refractivity contribution in [3.63, 3.8) is 0 Å². The zero-order valence-electron chi connectivity index (χ0n) is 7.08. The predicted molar refractivity (Wildman–Crippen MR) is 56.2 cm³/mol. The zero-order valence-corrected chi connectivity index (χ0v) is 8.79. The molecule has 0 aliphatic carbocycles. The molecule has 64 valence electrons. The first-order chi connectivity index (χ1) is 5.13. The normalized spacial score (nSPS) is 32.1. The van der Waals surface area contributed by atoms with Crippen LogP contribution in [-0.4, -0.2) is 21.8 Å². The molecule has 0 N–H and O–H groups in total. The third kappa shape index (κ3) is 2.09. The number of likely N-dealkylation sites (tertiary alicyclic amines) is 1. The Kier molecular flexibility index (Phi) is 3.19. The van der Waals surface area contributed by atoms with E-state index in [0.717, 1.165) is 16.8 Å². The topological polar surface area (TPSA) is 3.24 Å². The van der Waals surface area contributed by atoms with Gasteiger partial charge in [0.1, 0.15) is 4.32 Å². The van der Waals surface area contributed by atoms with Gasteiger partial charge in [0.2, 0.25) is 0 Å². The maximum atomic E-state index is 5.04. The first-order valence-corrected chi connectivity index (χ1v) is 4.98. The summed E-state index contributed by atoms with van der Waals surface area (Å²) in [4.78, 5) is 2.21. The highest BCUT2D eigenvalue weighted by Crippen LogP contribution is 2.23. The lowest BCUT2D eigenvalue weighted by atomic mass is 9.93. The van der Waals surface area contributed by atoms with Crippen molar-refractivity contribution in [3.05, 3.63) is 0 Å². The highest BCUT2D eigenvalue weighted by Gasteiger charge is 2.24. The molecule has 2 atom stereocenters. The second-order valence-corrected chi connectivity index (χ2v) is 4.45. The molecule has 0 radical (unpaired) electrons. The van der Waals surface area contributed by atoms with Crippen molar-refractivity contribution in [2.24, 2.45) is 5.92 Å². The molecule has 1 fully saturated rings. The summed E-state index contributed by atoms with van der Waals surface area (Å²) in [7, 11) is 0. The average Bonchev–Trinajstić information content (AvgIpc) is 1.94. The van der Waals surface area contributed by atoms with Crippen molar-refractivity contribution >= 4 is 29.2 Å². The van der Waals surface area contributed by atoms with E-state index < -0.39 is 0 Å². The van der Waals surface area contributed by atoms with Crippen LogP contribution >= 0.6 is 24.8 Å². The number of rotatable bonds is 0. The van der Waals surface area contributed by atoms with Crippen LogP contribution in [0.5, 0.6) is 0 Å². The third-order valence-electron chi connectivity index (χ3n) is 2.62. The van der Waals surface area contributed by atoms with Crippen LogP contribution in [0.4, 0.5) is 0 Å². The minimum absolute atomic E-state index is 0.578. The van der Waals surface area contributed by atoms with E-state index in [9.17, 15) is 0 Å². The number of piperidine rings is 1. The molecule has 1 nitrogen and oxygen atoms in total. The first kappa shape index (κ1) is 9.33. The summed E-state index contributed by atoms with van der Waals surface area (Å²) in [5.41, 5.74) is 0. The van der Waals surface area contributed by atoms with Crippen molar-refractivity contribution in [2.45, 2.75) is 32.7 Å². The molecule has 0 amide bonds. The quantitative estimate of drug-likeness (QED) is 0.460. The monoisotopic (exact) mass is 189 g/mol. The van der Waals surface area contributed by atoms with Crippen LogP contribution in [0.2, 0.25) is 0 Å². The number of hydrogen-bond acceptors (Lipinski definition) is 1. The van der Waals surface area contributed by atoms with Crippen LogP contribution in [0.3, 0.4) is 0 Å². The summed E-state index contributed by atoms with van der Waals surface area (Å²) in [5.74, 6) is 0.758. The van der Waals surface area contributed by atoms with Gasteiger partial charge >= 0.3 is 0 Å². The van der Waals surface area contributed by atoms with E-state index in [4.69, 9.17) is 12.2 Å². The van der Waals surface area contributed by atoms with Crippen molar-refractivity contribution in [1.29, 1.82) is 0 Å². The van der Waals surface area contributed by atoms with Gasteiger partial charge in [-0.25, -0.2) is 0 Å². The number of nitrogens with zero attached hydrogens (tertiary/aromatic N) is 1. The third-order valence-corrected chi connectivity index (χ3v) is 3.11. The van der Waals surface area contributed by atoms with E-state index in [1.165, 1.54) is 12.8 Å². The van der Waals surface area contributed by atoms with E-state index in [2.05, 4.69) is 31.4 Å². The van der Waals surface area contributed by atoms with Gasteiger partial charge < -0.3 is 4.90 Å². The van der Waals surface area contributed by atoms with E-state index in [1.807, 2.05) is 0 Å². The Balaban J connectivity index is 2.58. The van der Waals surface area contributed by atoms with Gasteiger partial charge in [-0.15, -0.1) is 12.6 Å². The van der Waals surface area contributed by atoms with E-state index >= 15 is 0 Å². The maximum absolute atomic E-state index is 5.04. The van der Waals surface area contributed by atoms with Crippen molar-refractivity contribution in [2.75, 3.05) is 6.54 Å². The SMILES string of the molecule is CC1CCCN(C(=S)S)C1C. The van der Waals surface area contributed by atoms with Crippen LogP contribution in [0.15, 0.2) is 0 Å². The lowest BCUT2D eigenvalue weighted by molar-refractivity contribution is 0.198. The number of hydrogen-bond donors (Lipinski definition) is 1. The smallest absolute Gasteiger partial charge is 0.133 e. The summed E-state index contributed by atoms with van der Waals surface area (Å²) in [6.45, 7) is 5.60. The van der Waals surface area contributed by atoms with Crippen LogP contribution in [0.1, 0.15) is 26.7 Å². The predicted octanol–water partition coefficient (Wildman–Crippen LogP) is 2.32. The molecule has 1 saturated heterocycles. The molecule has 0 aromatic heterocycles. The van der Waals surface area contributed by atoms with Gasteiger partial charge in [0.25, 0.3) is 0 Å². The fourth-order valence-electron chi connectivity index (χ4n) is 1.61. The Hall–Kier alpha value is 0.240. The molecule has 2 unspecified atom stereocenters. The molecule has 11 heavy (non-hydrogen) atoms. The Morgan fingerprint density at radius 3 is 2.64 bits per heavy atom. The van der Waals surface area contributed by atoms with Gasteiger partial charge in [0.05, 0.1) is 0 Å². The molecule has 1 aliphatic rings. The van der Waals surface area contributed by atoms with Gasteiger partial charge in [-0.05, 0) is 25.7 Å². The Bertz CT molecular complexity index is 158. The fourth-order valence-corrected chi connectivity index (χ4v) is 2.15. The molecular formula is C8H15NS2. The van der Waals surface area contributed by atoms with Crippen molar-refractivity contribution in [3.8, 4) is 0 Å². The van der Waals surface area contributed by atoms with Crippen LogP contribution in [-0.2, 0) is 0 Å². The zero-order chi connectivity index (χ0) is 8.43. The summed E-state index contributed by atoms with van der Waals surface area (Å²) >= 11 is 9.23. The lowest BCUT2D eigenvalue weighted by Gasteiger charge is -2.38. The number of thiol groups is 1. The largest absolute Gasteiger partial charge is 0.355 e. The van der Waals surface area contributed by atoms with Gasteiger partial charge in [0, 0.05) is 12.6 Å². The fraction of sp³-hybridized carbons (Fsp3) is 0.875.